The second kappa shape index (κ2) is 13.5. The molecule has 3 aliphatic rings. The fourth-order valence-corrected chi connectivity index (χ4v) is 7.58. The highest BCUT2D eigenvalue weighted by atomic mass is 35.5. The predicted octanol–water partition coefficient (Wildman–Crippen LogP) is 7.01. The van der Waals surface area contributed by atoms with E-state index in [0.717, 1.165) is 65.3 Å². The van der Waals surface area contributed by atoms with Crippen molar-refractivity contribution in [3.8, 4) is 5.75 Å². The quantitative estimate of drug-likeness (QED) is 0.296. The molecule has 3 aromatic rings. The van der Waals surface area contributed by atoms with Crippen LogP contribution in [0.25, 0.3) is 0 Å². The molecule has 6 rings (SSSR count). The first-order chi connectivity index (χ1) is 21.3. The van der Waals surface area contributed by atoms with Crippen molar-refractivity contribution >= 4 is 28.9 Å². The zero-order valence-electron chi connectivity index (χ0n) is 26.7. The summed E-state index contributed by atoms with van der Waals surface area (Å²) in [6.45, 7) is 11.8. The van der Waals surface area contributed by atoms with E-state index in [0.29, 0.717) is 11.4 Å². The van der Waals surface area contributed by atoms with Crippen molar-refractivity contribution in [1.82, 2.24) is 10.2 Å². The number of aryl methyl sites for hydroxylation is 1. The summed E-state index contributed by atoms with van der Waals surface area (Å²) in [5.41, 5.74) is 6.34. The van der Waals surface area contributed by atoms with Gasteiger partial charge >= 0.3 is 0 Å². The Morgan fingerprint density at radius 2 is 1.66 bits per heavy atom. The molecule has 234 valence electrons. The number of carbonyl (C=O) groups excluding carboxylic acids is 1. The lowest BCUT2D eigenvalue weighted by molar-refractivity contribution is -0.118. The summed E-state index contributed by atoms with van der Waals surface area (Å²) in [6.07, 6.45) is 5.64. The van der Waals surface area contributed by atoms with E-state index >= 15 is 0 Å². The molecule has 1 amide bonds. The lowest BCUT2D eigenvalue weighted by atomic mass is 9.84. The van der Waals surface area contributed by atoms with Gasteiger partial charge in [0.25, 0.3) is 0 Å². The topological polar surface area (TPSA) is 48.1 Å². The average molecular weight is 615 g/mol. The molecule has 6 nitrogen and oxygen atoms in total. The molecule has 1 N–H and O–H groups in total. The first-order valence-electron chi connectivity index (χ1n) is 16.4. The van der Waals surface area contributed by atoms with Gasteiger partial charge in [0.15, 0.2) is 0 Å². The van der Waals surface area contributed by atoms with E-state index in [2.05, 4.69) is 65.5 Å². The Bertz CT molecular complexity index is 1430. The van der Waals surface area contributed by atoms with Gasteiger partial charge in [-0.1, -0.05) is 29.8 Å². The van der Waals surface area contributed by atoms with Crippen LogP contribution in [0.15, 0.2) is 60.7 Å². The van der Waals surface area contributed by atoms with E-state index < -0.39 is 0 Å². The van der Waals surface area contributed by atoms with Gasteiger partial charge in [-0.25, -0.2) is 0 Å². The van der Waals surface area contributed by atoms with Gasteiger partial charge in [0.2, 0.25) is 5.91 Å². The van der Waals surface area contributed by atoms with E-state index in [1.165, 1.54) is 44.5 Å². The van der Waals surface area contributed by atoms with Crippen LogP contribution in [-0.4, -0.2) is 62.7 Å². The number of nitrogens with one attached hydrogen (secondary N) is 1. The molecule has 1 atom stereocenters. The molecule has 0 bridgehead atoms. The van der Waals surface area contributed by atoms with Crippen LogP contribution in [0.2, 0.25) is 5.02 Å². The van der Waals surface area contributed by atoms with Crippen LogP contribution in [0.1, 0.15) is 67.8 Å². The van der Waals surface area contributed by atoms with E-state index in [-0.39, 0.29) is 18.1 Å². The SMILES string of the molecule is Cc1cc2c(cc1OC(C)C)[C@H](c1ccc(Cl)cc1)N(c1ccc(N(C)CC3CCC(N4CCNCC4)CC3)cc1)C(=O)C2. The van der Waals surface area contributed by atoms with Gasteiger partial charge in [-0.2, -0.15) is 0 Å². The van der Waals surface area contributed by atoms with Gasteiger partial charge in [0.05, 0.1) is 18.6 Å². The van der Waals surface area contributed by atoms with Crippen molar-refractivity contribution in [2.45, 2.75) is 71.1 Å². The summed E-state index contributed by atoms with van der Waals surface area (Å²) in [5, 5.41) is 4.16. The number of ether oxygens (including phenoxy) is 1. The molecule has 3 aromatic carbocycles. The smallest absolute Gasteiger partial charge is 0.232 e. The van der Waals surface area contributed by atoms with Crippen LogP contribution >= 0.6 is 11.6 Å². The molecule has 2 aliphatic heterocycles. The number of benzene rings is 3. The van der Waals surface area contributed by atoms with Gasteiger partial charge < -0.3 is 19.9 Å². The number of anilines is 2. The molecule has 1 saturated carbocycles. The first kappa shape index (κ1) is 30.9. The molecule has 1 aliphatic carbocycles. The summed E-state index contributed by atoms with van der Waals surface area (Å²) in [4.78, 5) is 20.9. The molecule has 7 heteroatoms. The molecule has 1 saturated heterocycles. The van der Waals surface area contributed by atoms with Gasteiger partial charge in [-0.05, 0) is 117 Å². The van der Waals surface area contributed by atoms with Crippen molar-refractivity contribution in [3.05, 3.63) is 87.9 Å². The fraction of sp³-hybridized carbons (Fsp3) is 0.486. The minimum atomic E-state index is -0.270. The minimum Gasteiger partial charge on any atom is -0.491 e. The van der Waals surface area contributed by atoms with E-state index in [9.17, 15) is 4.79 Å². The van der Waals surface area contributed by atoms with Crippen molar-refractivity contribution in [2.24, 2.45) is 5.92 Å². The molecule has 0 spiro atoms. The highest BCUT2D eigenvalue weighted by Crippen LogP contribution is 2.42. The van der Waals surface area contributed by atoms with Crippen molar-refractivity contribution in [1.29, 1.82) is 0 Å². The molecule has 44 heavy (non-hydrogen) atoms. The summed E-state index contributed by atoms with van der Waals surface area (Å²) >= 11 is 6.29. The largest absolute Gasteiger partial charge is 0.491 e. The normalized spacial score (nSPS) is 22.6. The lowest BCUT2D eigenvalue weighted by Crippen LogP contribution is -2.49. The van der Waals surface area contributed by atoms with E-state index in [4.69, 9.17) is 16.3 Å². The lowest BCUT2D eigenvalue weighted by Gasteiger charge is -2.40. The zero-order valence-corrected chi connectivity index (χ0v) is 27.4. The Kier molecular flexibility index (Phi) is 9.51. The molecule has 0 aromatic heterocycles. The second-order valence-electron chi connectivity index (χ2n) is 13.2. The number of rotatable bonds is 8. The van der Waals surface area contributed by atoms with Crippen LogP contribution in [0.5, 0.6) is 5.75 Å². The number of carbonyl (C=O) groups is 1. The number of hydrogen-bond donors (Lipinski definition) is 1. The summed E-state index contributed by atoms with van der Waals surface area (Å²) in [6, 6.07) is 21.2. The third kappa shape index (κ3) is 6.78. The van der Waals surface area contributed by atoms with Crippen LogP contribution in [0.4, 0.5) is 11.4 Å². The predicted molar refractivity (Wildman–Crippen MR) is 181 cm³/mol. The molecule has 2 fully saturated rings. The standard InChI is InChI=1S/C37H47ClN4O2/c1-25(2)44-35-23-34-29(21-26(35)3)22-36(43)42(37(34)28-7-9-30(38)10-8-28)33-15-13-31(14-16-33)40(4)24-27-5-11-32(12-6-27)41-19-17-39-18-20-41/h7-10,13-16,21,23,25,27,32,37,39H,5-6,11-12,17-20,22,24H2,1-4H3/t27?,32?,37-/m0/s1. The molecular weight excluding hydrogens is 568 g/mol. The molecule has 2 heterocycles. The van der Waals surface area contributed by atoms with Gasteiger partial charge in [-0.3, -0.25) is 9.69 Å². The third-order valence-corrected chi connectivity index (χ3v) is 9.99. The number of nitrogens with zero attached hydrogens (tertiary/aromatic N) is 3. The Morgan fingerprint density at radius 1 is 0.977 bits per heavy atom. The average Bonchev–Trinajstić information content (AvgIpc) is 3.02. The maximum Gasteiger partial charge on any atom is 0.232 e. The highest BCUT2D eigenvalue weighted by Gasteiger charge is 2.36. The minimum absolute atomic E-state index is 0.0637. The molecular formula is C37H47ClN4O2. The Morgan fingerprint density at radius 3 is 2.32 bits per heavy atom. The molecule has 0 unspecified atom stereocenters. The van der Waals surface area contributed by atoms with Crippen LogP contribution in [0.3, 0.4) is 0 Å². The fourth-order valence-electron chi connectivity index (χ4n) is 7.45. The third-order valence-electron chi connectivity index (χ3n) is 9.73. The monoisotopic (exact) mass is 614 g/mol. The number of halogens is 1. The van der Waals surface area contributed by atoms with Crippen LogP contribution in [-0.2, 0) is 11.2 Å². The number of piperazine rings is 1. The Hall–Kier alpha value is -3.06. The van der Waals surface area contributed by atoms with Crippen LogP contribution < -0.4 is 19.9 Å². The van der Waals surface area contributed by atoms with Crippen molar-refractivity contribution in [2.75, 3.05) is 49.6 Å². The van der Waals surface area contributed by atoms with Gasteiger partial charge in [-0.15, -0.1) is 0 Å². The first-order valence-corrected chi connectivity index (χ1v) is 16.8. The summed E-state index contributed by atoms with van der Waals surface area (Å²) in [7, 11) is 2.20. The van der Waals surface area contributed by atoms with Gasteiger partial charge in [0.1, 0.15) is 5.75 Å². The maximum absolute atomic E-state index is 13.9. The van der Waals surface area contributed by atoms with Crippen LogP contribution in [0, 0.1) is 12.8 Å². The second-order valence-corrected chi connectivity index (χ2v) is 13.7. The van der Waals surface area contributed by atoms with E-state index in [1.54, 1.807) is 0 Å². The summed E-state index contributed by atoms with van der Waals surface area (Å²) < 4.78 is 6.19. The Labute approximate surface area is 268 Å². The zero-order chi connectivity index (χ0) is 30.8. The number of hydrogen-bond acceptors (Lipinski definition) is 5. The van der Waals surface area contributed by atoms with E-state index in [1.807, 2.05) is 43.0 Å². The summed E-state index contributed by atoms with van der Waals surface area (Å²) in [5.74, 6) is 1.68. The Balaban J connectivity index is 1.21. The number of amides is 1. The highest BCUT2D eigenvalue weighted by molar-refractivity contribution is 6.30. The molecule has 0 radical (unpaired) electrons. The maximum atomic E-state index is 13.9. The van der Waals surface area contributed by atoms with Gasteiger partial charge in [0, 0.05) is 62.2 Å². The van der Waals surface area contributed by atoms with Crippen molar-refractivity contribution in [3.63, 3.8) is 0 Å². The van der Waals surface area contributed by atoms with Crippen molar-refractivity contribution < 1.29 is 9.53 Å². The number of fused-ring (bicyclic) bond motifs is 1.